The van der Waals surface area contributed by atoms with E-state index in [0.717, 1.165) is 73.5 Å². The minimum atomic E-state index is -0.770. The zero-order valence-corrected chi connectivity index (χ0v) is 20.1. The van der Waals surface area contributed by atoms with E-state index in [4.69, 9.17) is 21.1 Å². The molecule has 0 aliphatic carbocycles. The van der Waals surface area contributed by atoms with Crippen molar-refractivity contribution in [1.82, 2.24) is 9.88 Å². The number of benzene rings is 2. The van der Waals surface area contributed by atoms with Crippen LogP contribution in [0.15, 0.2) is 66.9 Å². The molecule has 3 heterocycles. The molecule has 0 unspecified atom stereocenters. The first-order valence-electron chi connectivity index (χ1n) is 11.7. The highest BCUT2D eigenvalue weighted by atomic mass is 35.5. The smallest absolute Gasteiger partial charge is 0.226 e. The lowest BCUT2D eigenvalue weighted by molar-refractivity contribution is -0.0254. The number of halogens is 1. The summed E-state index contributed by atoms with van der Waals surface area (Å²) in [4.78, 5) is 6.91. The van der Waals surface area contributed by atoms with Gasteiger partial charge in [0.15, 0.2) is 0 Å². The fourth-order valence-electron chi connectivity index (χ4n) is 4.82. The highest BCUT2D eigenvalue weighted by molar-refractivity contribution is 6.30. The van der Waals surface area contributed by atoms with E-state index in [1.165, 1.54) is 5.57 Å². The summed E-state index contributed by atoms with van der Waals surface area (Å²) in [6.07, 6.45) is 7.23. The number of methoxy groups -OCH3 is 1. The van der Waals surface area contributed by atoms with Crippen molar-refractivity contribution in [2.45, 2.75) is 31.3 Å². The number of fused-ring (bicyclic) bond motifs is 2. The molecule has 0 radical (unpaired) electrons. The van der Waals surface area contributed by atoms with Crippen LogP contribution >= 0.6 is 11.6 Å². The SMILES string of the molecule is COc1ccc2c(c1)Oc1ncccc1/C(=C\CCN1CCC(O)(c3ccc(Cl)cc3)CC1)C2. The van der Waals surface area contributed by atoms with E-state index in [9.17, 15) is 5.11 Å². The largest absolute Gasteiger partial charge is 0.497 e. The molecule has 0 atom stereocenters. The normalized spacial score (nSPS) is 18.5. The lowest BCUT2D eigenvalue weighted by Crippen LogP contribution is -2.42. The standard InChI is InChI=1S/C28H29ClN2O3/c1-33-24-11-6-21-18-20(25-5-2-14-30-27(25)34-26(21)19-24)4-3-15-31-16-12-28(32,13-17-31)22-7-9-23(29)10-8-22/h2,4-11,14,19,32H,3,12-13,15-18H2,1H3/b20-4-. The van der Waals surface area contributed by atoms with Crippen molar-refractivity contribution in [3.8, 4) is 17.4 Å². The van der Waals surface area contributed by atoms with Crippen molar-refractivity contribution in [1.29, 1.82) is 0 Å². The van der Waals surface area contributed by atoms with Gasteiger partial charge in [-0.1, -0.05) is 35.9 Å². The fraction of sp³-hybridized carbons (Fsp3) is 0.321. The Kier molecular flexibility index (Phi) is 6.59. The van der Waals surface area contributed by atoms with Crippen LogP contribution in [0, 0.1) is 0 Å². The maximum atomic E-state index is 11.1. The summed E-state index contributed by atoms with van der Waals surface area (Å²) in [6, 6.07) is 17.6. The predicted octanol–water partition coefficient (Wildman–Crippen LogP) is 5.85. The van der Waals surface area contributed by atoms with Crippen LogP contribution in [0.25, 0.3) is 5.57 Å². The molecule has 2 aliphatic heterocycles. The maximum Gasteiger partial charge on any atom is 0.226 e. The van der Waals surface area contributed by atoms with Gasteiger partial charge in [-0.2, -0.15) is 0 Å². The third-order valence-corrected chi connectivity index (χ3v) is 7.13. The van der Waals surface area contributed by atoms with Crippen LogP contribution in [0.4, 0.5) is 0 Å². The second-order valence-electron chi connectivity index (χ2n) is 9.01. The minimum Gasteiger partial charge on any atom is -0.497 e. The maximum absolute atomic E-state index is 11.1. The number of pyridine rings is 1. The molecule has 5 rings (SSSR count). The number of ether oxygens (including phenoxy) is 2. The molecule has 0 spiro atoms. The quantitative estimate of drug-likeness (QED) is 0.500. The van der Waals surface area contributed by atoms with Gasteiger partial charge in [0, 0.05) is 48.9 Å². The number of hydrogen-bond acceptors (Lipinski definition) is 5. The average Bonchev–Trinajstić information content (AvgIpc) is 3.01. The highest BCUT2D eigenvalue weighted by Crippen LogP contribution is 2.39. The van der Waals surface area contributed by atoms with Crippen LogP contribution in [0.3, 0.4) is 0 Å². The third-order valence-electron chi connectivity index (χ3n) is 6.88. The van der Waals surface area contributed by atoms with Crippen molar-refractivity contribution in [2.24, 2.45) is 0 Å². The van der Waals surface area contributed by atoms with Gasteiger partial charge in [-0.05, 0) is 66.3 Å². The Labute approximate surface area is 205 Å². The summed E-state index contributed by atoms with van der Waals surface area (Å²) in [5.41, 5.74) is 3.57. The van der Waals surface area contributed by atoms with Crippen molar-refractivity contribution in [3.05, 3.63) is 88.6 Å². The Hall–Kier alpha value is -2.86. The van der Waals surface area contributed by atoms with Crippen LogP contribution < -0.4 is 9.47 Å². The lowest BCUT2D eigenvalue weighted by Gasteiger charge is -2.38. The van der Waals surface area contributed by atoms with Crippen molar-refractivity contribution >= 4 is 17.2 Å². The first kappa shape index (κ1) is 22.9. The second kappa shape index (κ2) is 9.79. The first-order valence-corrected chi connectivity index (χ1v) is 12.1. The van der Waals surface area contributed by atoms with Crippen LogP contribution in [0.2, 0.25) is 5.02 Å². The molecule has 2 aliphatic rings. The van der Waals surface area contributed by atoms with Crippen molar-refractivity contribution in [3.63, 3.8) is 0 Å². The Morgan fingerprint density at radius 2 is 1.94 bits per heavy atom. The van der Waals surface area contributed by atoms with Gasteiger partial charge in [-0.15, -0.1) is 0 Å². The predicted molar refractivity (Wildman–Crippen MR) is 135 cm³/mol. The fourth-order valence-corrected chi connectivity index (χ4v) is 4.95. The van der Waals surface area contributed by atoms with Crippen molar-refractivity contribution in [2.75, 3.05) is 26.7 Å². The number of aliphatic hydroxyl groups is 1. The van der Waals surface area contributed by atoms with Gasteiger partial charge in [0.1, 0.15) is 11.5 Å². The van der Waals surface area contributed by atoms with Gasteiger partial charge >= 0.3 is 0 Å². The Balaban J connectivity index is 1.26. The van der Waals surface area contributed by atoms with E-state index < -0.39 is 5.60 Å². The van der Waals surface area contributed by atoms with E-state index in [2.05, 4.69) is 28.1 Å². The van der Waals surface area contributed by atoms with E-state index in [0.29, 0.717) is 10.9 Å². The van der Waals surface area contributed by atoms with Crippen LogP contribution in [-0.2, 0) is 12.0 Å². The van der Waals surface area contributed by atoms with Gasteiger partial charge in [0.25, 0.3) is 0 Å². The number of rotatable bonds is 5. The molecule has 34 heavy (non-hydrogen) atoms. The number of likely N-dealkylation sites (tertiary alicyclic amines) is 1. The zero-order valence-electron chi connectivity index (χ0n) is 19.3. The molecule has 176 valence electrons. The molecular formula is C28H29ClN2O3. The second-order valence-corrected chi connectivity index (χ2v) is 9.44. The number of aromatic nitrogens is 1. The van der Waals surface area contributed by atoms with Crippen LogP contribution in [0.5, 0.6) is 17.4 Å². The number of piperidine rings is 1. The molecule has 1 fully saturated rings. The van der Waals surface area contributed by atoms with E-state index in [1.54, 1.807) is 13.3 Å². The summed E-state index contributed by atoms with van der Waals surface area (Å²) >= 11 is 6.01. The summed E-state index contributed by atoms with van der Waals surface area (Å²) < 4.78 is 11.5. The minimum absolute atomic E-state index is 0.631. The van der Waals surface area contributed by atoms with Crippen molar-refractivity contribution < 1.29 is 14.6 Å². The molecule has 0 amide bonds. The van der Waals surface area contributed by atoms with Gasteiger partial charge in [-0.25, -0.2) is 4.98 Å². The van der Waals surface area contributed by atoms with Crippen LogP contribution in [0.1, 0.15) is 36.0 Å². The lowest BCUT2D eigenvalue weighted by atomic mass is 9.84. The Bertz CT molecular complexity index is 1180. The highest BCUT2D eigenvalue weighted by Gasteiger charge is 2.33. The summed E-state index contributed by atoms with van der Waals surface area (Å²) in [5, 5.41) is 11.8. The van der Waals surface area contributed by atoms with E-state index >= 15 is 0 Å². The van der Waals surface area contributed by atoms with E-state index in [-0.39, 0.29) is 0 Å². The third kappa shape index (κ3) is 4.83. The molecular weight excluding hydrogens is 448 g/mol. The Morgan fingerprint density at radius 1 is 1.15 bits per heavy atom. The number of allylic oxidation sites excluding steroid dienone is 1. The Morgan fingerprint density at radius 3 is 2.71 bits per heavy atom. The number of hydrogen-bond donors (Lipinski definition) is 1. The molecule has 1 aromatic heterocycles. The molecule has 6 heteroatoms. The number of nitrogens with zero attached hydrogens (tertiary/aromatic N) is 2. The van der Waals surface area contributed by atoms with Crippen LogP contribution in [-0.4, -0.2) is 41.7 Å². The summed E-state index contributed by atoms with van der Waals surface area (Å²) in [6.45, 7) is 2.69. The van der Waals surface area contributed by atoms with Gasteiger partial charge in [0.2, 0.25) is 5.88 Å². The molecule has 5 nitrogen and oxygen atoms in total. The molecule has 1 saturated heterocycles. The average molecular weight is 477 g/mol. The van der Waals surface area contributed by atoms with Gasteiger partial charge in [0.05, 0.1) is 12.7 Å². The molecule has 0 bridgehead atoms. The van der Waals surface area contributed by atoms with E-state index in [1.807, 2.05) is 42.5 Å². The molecule has 1 N–H and O–H groups in total. The first-order chi connectivity index (χ1) is 16.5. The van der Waals surface area contributed by atoms with Gasteiger partial charge in [-0.3, -0.25) is 0 Å². The molecule has 2 aromatic carbocycles. The molecule has 3 aromatic rings. The zero-order chi connectivity index (χ0) is 23.5. The van der Waals surface area contributed by atoms with Gasteiger partial charge < -0.3 is 19.5 Å². The topological polar surface area (TPSA) is 54.8 Å². The summed E-state index contributed by atoms with van der Waals surface area (Å²) in [5.74, 6) is 2.19. The molecule has 0 saturated carbocycles. The monoisotopic (exact) mass is 476 g/mol. The summed E-state index contributed by atoms with van der Waals surface area (Å²) in [7, 11) is 1.66.